The molecule has 2 heterocycles. The molecule has 3 aliphatic rings. The summed E-state index contributed by atoms with van der Waals surface area (Å²) in [6.45, 7) is 14.7. The second-order valence-corrected chi connectivity index (χ2v) is 11.4. The number of carbonyl (C=O) groups is 1. The second kappa shape index (κ2) is 9.37. The highest BCUT2D eigenvalue weighted by atomic mass is 16.5. The lowest BCUT2D eigenvalue weighted by Gasteiger charge is -2.57. The van der Waals surface area contributed by atoms with E-state index in [0.29, 0.717) is 11.8 Å². The molecule has 0 radical (unpaired) electrons. The highest BCUT2D eigenvalue weighted by Gasteiger charge is 2.57. The van der Waals surface area contributed by atoms with Crippen molar-refractivity contribution in [2.75, 3.05) is 20.2 Å². The highest BCUT2D eigenvalue weighted by molar-refractivity contribution is 5.77. The van der Waals surface area contributed by atoms with Gasteiger partial charge in [0.2, 0.25) is 0 Å². The zero-order chi connectivity index (χ0) is 22.9. The molecule has 32 heavy (non-hydrogen) atoms. The topological polar surface area (TPSA) is 42.7 Å². The van der Waals surface area contributed by atoms with Crippen LogP contribution in [0.25, 0.3) is 0 Å². The SMILES string of the molecule is C=C1CCC2[C@](C)(CCC[C@]2(C)C(=O)OC)[C@H]1CCc1ccoc1CN1CCC(C)CC1. The number of hydrogen-bond acceptors (Lipinski definition) is 4. The molecule has 1 aliphatic heterocycles. The summed E-state index contributed by atoms with van der Waals surface area (Å²) in [5, 5.41) is 0. The number of esters is 1. The summed E-state index contributed by atoms with van der Waals surface area (Å²) in [4.78, 5) is 15.4. The van der Waals surface area contributed by atoms with Crippen LogP contribution in [0.5, 0.6) is 0 Å². The fourth-order valence-corrected chi connectivity index (χ4v) is 7.41. The van der Waals surface area contributed by atoms with Crippen molar-refractivity contribution in [3.63, 3.8) is 0 Å². The first-order valence-corrected chi connectivity index (χ1v) is 12.8. The molecule has 2 saturated carbocycles. The molecule has 4 atom stereocenters. The van der Waals surface area contributed by atoms with E-state index >= 15 is 0 Å². The molecule has 2 aliphatic carbocycles. The Morgan fingerprint density at radius 3 is 2.72 bits per heavy atom. The van der Waals surface area contributed by atoms with Gasteiger partial charge in [0.15, 0.2) is 0 Å². The molecular weight excluding hydrogens is 398 g/mol. The third kappa shape index (κ3) is 4.32. The van der Waals surface area contributed by atoms with Gasteiger partial charge in [0, 0.05) is 0 Å². The zero-order valence-electron chi connectivity index (χ0n) is 20.8. The molecule has 4 nitrogen and oxygen atoms in total. The molecule has 0 N–H and O–H groups in total. The Morgan fingerprint density at radius 1 is 1.25 bits per heavy atom. The predicted molar refractivity (Wildman–Crippen MR) is 128 cm³/mol. The summed E-state index contributed by atoms with van der Waals surface area (Å²) in [5.41, 5.74) is 2.48. The van der Waals surface area contributed by atoms with E-state index in [4.69, 9.17) is 9.15 Å². The molecule has 1 aromatic rings. The summed E-state index contributed by atoms with van der Waals surface area (Å²) in [6, 6.07) is 2.17. The van der Waals surface area contributed by atoms with E-state index in [0.717, 1.165) is 56.7 Å². The minimum absolute atomic E-state index is 0.0207. The summed E-state index contributed by atoms with van der Waals surface area (Å²) in [6.07, 6.45) is 11.9. The van der Waals surface area contributed by atoms with Gasteiger partial charge in [-0.3, -0.25) is 9.69 Å². The lowest BCUT2D eigenvalue weighted by atomic mass is 9.46. The van der Waals surface area contributed by atoms with Crippen LogP contribution in [0.3, 0.4) is 0 Å². The van der Waals surface area contributed by atoms with Crippen LogP contribution in [-0.4, -0.2) is 31.1 Å². The van der Waals surface area contributed by atoms with E-state index in [2.05, 4.69) is 38.3 Å². The number of likely N-dealkylation sites (tertiary alicyclic amines) is 1. The Kier molecular flexibility index (Phi) is 6.91. The van der Waals surface area contributed by atoms with Gasteiger partial charge < -0.3 is 9.15 Å². The number of carbonyl (C=O) groups excluding carboxylic acids is 1. The maximum absolute atomic E-state index is 12.8. The van der Waals surface area contributed by atoms with E-state index in [1.807, 2.05) is 6.26 Å². The Balaban J connectivity index is 1.47. The van der Waals surface area contributed by atoms with Gasteiger partial charge in [0.25, 0.3) is 0 Å². The number of piperidine rings is 1. The first-order chi connectivity index (χ1) is 15.3. The van der Waals surface area contributed by atoms with E-state index in [1.54, 1.807) is 7.11 Å². The minimum atomic E-state index is -0.368. The van der Waals surface area contributed by atoms with Crippen LogP contribution in [0.4, 0.5) is 0 Å². The maximum Gasteiger partial charge on any atom is 0.311 e. The largest absolute Gasteiger partial charge is 0.469 e. The lowest BCUT2D eigenvalue weighted by Crippen LogP contribution is -2.53. The van der Waals surface area contributed by atoms with Gasteiger partial charge >= 0.3 is 5.97 Å². The molecule has 1 unspecified atom stereocenters. The second-order valence-electron chi connectivity index (χ2n) is 11.4. The smallest absolute Gasteiger partial charge is 0.311 e. The number of nitrogens with zero attached hydrogens (tertiary/aromatic N) is 1. The zero-order valence-corrected chi connectivity index (χ0v) is 20.8. The molecule has 0 spiro atoms. The van der Waals surface area contributed by atoms with Gasteiger partial charge in [0.05, 0.1) is 25.3 Å². The van der Waals surface area contributed by atoms with Gasteiger partial charge in [-0.05, 0) is 106 Å². The molecule has 4 heteroatoms. The molecule has 0 amide bonds. The normalized spacial score (nSPS) is 34.3. The van der Waals surface area contributed by atoms with Crippen LogP contribution in [0, 0.1) is 28.6 Å². The van der Waals surface area contributed by atoms with Gasteiger partial charge in [-0.25, -0.2) is 0 Å². The molecule has 0 bridgehead atoms. The quantitative estimate of drug-likeness (QED) is 0.379. The first-order valence-electron chi connectivity index (χ1n) is 12.8. The van der Waals surface area contributed by atoms with Crippen molar-refractivity contribution in [2.24, 2.45) is 28.6 Å². The number of methoxy groups -OCH3 is 1. The van der Waals surface area contributed by atoms with Gasteiger partial charge in [-0.1, -0.05) is 32.4 Å². The number of ether oxygens (including phenoxy) is 1. The summed E-state index contributed by atoms with van der Waals surface area (Å²) >= 11 is 0. The predicted octanol–water partition coefficient (Wildman–Crippen LogP) is 6.40. The van der Waals surface area contributed by atoms with Gasteiger partial charge in [-0.15, -0.1) is 0 Å². The van der Waals surface area contributed by atoms with Crippen molar-refractivity contribution in [1.82, 2.24) is 4.90 Å². The molecule has 3 fully saturated rings. The van der Waals surface area contributed by atoms with Crippen LogP contribution in [0.2, 0.25) is 0 Å². The van der Waals surface area contributed by atoms with E-state index in [-0.39, 0.29) is 16.8 Å². The van der Waals surface area contributed by atoms with E-state index < -0.39 is 0 Å². The molecule has 1 saturated heterocycles. The molecule has 178 valence electrons. The monoisotopic (exact) mass is 441 g/mol. The fourth-order valence-electron chi connectivity index (χ4n) is 7.41. The van der Waals surface area contributed by atoms with Crippen molar-refractivity contribution in [3.8, 4) is 0 Å². The highest BCUT2D eigenvalue weighted by Crippen LogP contribution is 2.62. The molecule has 0 aromatic carbocycles. The maximum atomic E-state index is 12.8. The first kappa shape index (κ1) is 23.6. The van der Waals surface area contributed by atoms with E-state index in [9.17, 15) is 4.79 Å². The Hall–Kier alpha value is -1.55. The van der Waals surface area contributed by atoms with Crippen LogP contribution < -0.4 is 0 Å². The molecule has 4 rings (SSSR count). The average Bonchev–Trinajstić information content (AvgIpc) is 3.21. The summed E-state index contributed by atoms with van der Waals surface area (Å²) < 4.78 is 11.2. The minimum Gasteiger partial charge on any atom is -0.469 e. The van der Waals surface area contributed by atoms with Crippen molar-refractivity contribution in [1.29, 1.82) is 0 Å². The number of allylic oxidation sites excluding steroid dienone is 1. The van der Waals surface area contributed by atoms with Gasteiger partial charge in [0.1, 0.15) is 5.76 Å². The summed E-state index contributed by atoms with van der Waals surface area (Å²) in [7, 11) is 1.54. The number of hydrogen-bond donors (Lipinski definition) is 0. The van der Waals surface area contributed by atoms with Crippen molar-refractivity contribution in [3.05, 3.63) is 35.8 Å². The van der Waals surface area contributed by atoms with Crippen LogP contribution in [0.15, 0.2) is 28.9 Å². The van der Waals surface area contributed by atoms with Crippen LogP contribution >= 0.6 is 0 Å². The number of furan rings is 1. The molecular formula is C28H43NO3. The Labute approximate surface area is 194 Å². The van der Waals surface area contributed by atoms with Crippen molar-refractivity contribution < 1.29 is 13.9 Å². The standard InChI is InChI=1S/C28H43NO3/c1-20-11-16-29(17-12-20)19-24-22(13-18-32-24)8-9-23-21(2)7-10-25-27(23,3)14-6-15-28(25,4)26(30)31-5/h13,18,20,23,25H,2,6-12,14-17,19H2,1,3-5H3/t23-,25?,27+,28-/m0/s1. The number of aryl methyl sites for hydroxylation is 1. The average molecular weight is 442 g/mol. The fraction of sp³-hybridized carbons (Fsp3) is 0.750. The number of rotatable bonds is 6. The molecule has 1 aromatic heterocycles. The third-order valence-corrected chi connectivity index (χ3v) is 9.45. The third-order valence-electron chi connectivity index (χ3n) is 9.45. The number of fused-ring (bicyclic) bond motifs is 1. The van der Waals surface area contributed by atoms with Crippen molar-refractivity contribution in [2.45, 2.75) is 85.1 Å². The van der Waals surface area contributed by atoms with Gasteiger partial charge in [-0.2, -0.15) is 0 Å². The Bertz CT molecular complexity index is 820. The Morgan fingerprint density at radius 2 is 2.00 bits per heavy atom. The summed E-state index contributed by atoms with van der Waals surface area (Å²) in [5.74, 6) is 2.79. The lowest BCUT2D eigenvalue weighted by molar-refractivity contribution is -0.168. The van der Waals surface area contributed by atoms with E-state index in [1.165, 1.54) is 43.5 Å². The van der Waals surface area contributed by atoms with Crippen LogP contribution in [-0.2, 0) is 22.5 Å². The van der Waals surface area contributed by atoms with Crippen LogP contribution in [0.1, 0.15) is 83.5 Å². The van der Waals surface area contributed by atoms with Crippen molar-refractivity contribution >= 4 is 5.97 Å².